The van der Waals surface area contributed by atoms with Crippen LogP contribution in [0.1, 0.15) is 15.2 Å². The van der Waals surface area contributed by atoms with Crippen molar-refractivity contribution in [2.75, 3.05) is 5.32 Å². The quantitative estimate of drug-likeness (QED) is 0.471. The number of carbonyl (C=O) groups excluding carboxylic acids is 2. The number of carbonyl (C=O) groups is 2. The number of rotatable bonds is 5. The SMILES string of the molecule is O=C(Cn1cc(C(=O)c2cccs2)c2ccccc21)Nc1ccc(Cl)cc1. The fourth-order valence-corrected chi connectivity index (χ4v) is 3.79. The van der Waals surface area contributed by atoms with Crippen LogP contribution in [0.3, 0.4) is 0 Å². The summed E-state index contributed by atoms with van der Waals surface area (Å²) in [6, 6.07) is 18.2. The van der Waals surface area contributed by atoms with Crippen LogP contribution >= 0.6 is 22.9 Å². The number of hydrogen-bond acceptors (Lipinski definition) is 3. The topological polar surface area (TPSA) is 51.1 Å². The summed E-state index contributed by atoms with van der Waals surface area (Å²) in [5.41, 5.74) is 2.13. The fraction of sp³-hybridized carbons (Fsp3) is 0.0476. The highest BCUT2D eigenvalue weighted by atomic mass is 35.5. The first-order valence-corrected chi connectivity index (χ1v) is 9.59. The van der Waals surface area contributed by atoms with Crippen molar-refractivity contribution in [3.8, 4) is 0 Å². The Morgan fingerprint density at radius 1 is 1.00 bits per heavy atom. The van der Waals surface area contributed by atoms with Gasteiger partial charge in [0.05, 0.1) is 4.88 Å². The van der Waals surface area contributed by atoms with Gasteiger partial charge in [-0.05, 0) is 41.8 Å². The molecule has 1 amide bonds. The molecule has 0 unspecified atom stereocenters. The zero-order valence-corrected chi connectivity index (χ0v) is 15.8. The molecule has 0 spiro atoms. The molecule has 0 saturated heterocycles. The highest BCUT2D eigenvalue weighted by Crippen LogP contribution is 2.25. The number of halogens is 1. The van der Waals surface area contributed by atoms with E-state index in [1.165, 1.54) is 11.3 Å². The van der Waals surface area contributed by atoms with Gasteiger partial charge in [0.1, 0.15) is 6.54 Å². The highest BCUT2D eigenvalue weighted by molar-refractivity contribution is 7.12. The number of hydrogen-bond donors (Lipinski definition) is 1. The van der Waals surface area contributed by atoms with Crippen LogP contribution in [0, 0.1) is 0 Å². The number of nitrogens with zero attached hydrogens (tertiary/aromatic N) is 1. The molecule has 0 aliphatic heterocycles. The molecular weight excluding hydrogens is 380 g/mol. The maximum absolute atomic E-state index is 12.8. The molecule has 0 radical (unpaired) electrons. The van der Waals surface area contributed by atoms with Gasteiger partial charge in [0.15, 0.2) is 0 Å². The Labute approximate surface area is 165 Å². The van der Waals surface area contributed by atoms with Crippen molar-refractivity contribution < 1.29 is 9.59 Å². The van der Waals surface area contributed by atoms with Crippen molar-refractivity contribution in [2.45, 2.75) is 6.54 Å². The molecule has 0 bridgehead atoms. The maximum Gasteiger partial charge on any atom is 0.244 e. The molecule has 0 atom stereocenters. The minimum atomic E-state index is -0.173. The highest BCUT2D eigenvalue weighted by Gasteiger charge is 2.18. The summed E-state index contributed by atoms with van der Waals surface area (Å²) in [6.45, 7) is 0.112. The molecule has 4 rings (SSSR count). The van der Waals surface area contributed by atoms with Gasteiger partial charge in [-0.2, -0.15) is 0 Å². The summed E-state index contributed by atoms with van der Waals surface area (Å²) in [5, 5.41) is 6.18. The number of nitrogens with one attached hydrogen (secondary N) is 1. The van der Waals surface area contributed by atoms with Crippen molar-refractivity contribution in [1.29, 1.82) is 0 Å². The van der Waals surface area contributed by atoms with E-state index < -0.39 is 0 Å². The zero-order chi connectivity index (χ0) is 18.8. The van der Waals surface area contributed by atoms with Crippen molar-refractivity contribution in [3.05, 3.63) is 87.7 Å². The standard InChI is InChI=1S/C21H15ClN2O2S/c22-14-7-9-15(10-8-14)23-20(25)13-24-12-17(16-4-1-2-5-18(16)24)21(26)19-6-3-11-27-19/h1-12H,13H2,(H,23,25). The van der Waals surface area contributed by atoms with Gasteiger partial charge in [-0.3, -0.25) is 9.59 Å². The largest absolute Gasteiger partial charge is 0.337 e. The predicted molar refractivity (Wildman–Crippen MR) is 110 cm³/mol. The Balaban J connectivity index is 1.63. The number of anilines is 1. The van der Waals surface area contributed by atoms with Gasteiger partial charge in [-0.1, -0.05) is 35.9 Å². The summed E-state index contributed by atoms with van der Waals surface area (Å²) in [6.07, 6.45) is 1.76. The van der Waals surface area contributed by atoms with Crippen molar-refractivity contribution in [3.63, 3.8) is 0 Å². The van der Waals surface area contributed by atoms with E-state index in [0.29, 0.717) is 21.2 Å². The van der Waals surface area contributed by atoms with Crippen LogP contribution in [0.2, 0.25) is 5.02 Å². The summed E-state index contributed by atoms with van der Waals surface area (Å²) < 4.78 is 1.81. The Kier molecular flexibility index (Phi) is 4.79. The summed E-state index contributed by atoms with van der Waals surface area (Å²) in [5.74, 6) is -0.203. The summed E-state index contributed by atoms with van der Waals surface area (Å²) in [4.78, 5) is 26.0. The van der Waals surface area contributed by atoms with E-state index in [4.69, 9.17) is 11.6 Å². The molecule has 0 aliphatic carbocycles. The molecule has 4 aromatic rings. The van der Waals surface area contributed by atoms with Crippen LogP contribution in [0.4, 0.5) is 5.69 Å². The molecule has 6 heteroatoms. The van der Waals surface area contributed by atoms with E-state index in [-0.39, 0.29) is 18.2 Å². The third-order valence-corrected chi connectivity index (χ3v) is 5.34. The van der Waals surface area contributed by atoms with E-state index in [0.717, 1.165) is 10.9 Å². The monoisotopic (exact) mass is 394 g/mol. The summed E-state index contributed by atoms with van der Waals surface area (Å²) >= 11 is 7.28. The van der Waals surface area contributed by atoms with Gasteiger partial charge in [0, 0.05) is 33.4 Å². The number of benzene rings is 2. The van der Waals surface area contributed by atoms with Gasteiger partial charge < -0.3 is 9.88 Å². The van der Waals surface area contributed by atoms with Crippen LogP contribution in [-0.2, 0) is 11.3 Å². The smallest absolute Gasteiger partial charge is 0.244 e. The minimum Gasteiger partial charge on any atom is -0.337 e. The normalized spacial score (nSPS) is 10.9. The van der Waals surface area contributed by atoms with Gasteiger partial charge in [0.2, 0.25) is 11.7 Å². The lowest BCUT2D eigenvalue weighted by Gasteiger charge is -2.07. The summed E-state index contributed by atoms with van der Waals surface area (Å²) in [7, 11) is 0. The lowest BCUT2D eigenvalue weighted by Crippen LogP contribution is -2.18. The number of para-hydroxylation sites is 1. The van der Waals surface area contributed by atoms with Crippen molar-refractivity contribution in [2.24, 2.45) is 0 Å². The Bertz CT molecular complexity index is 1120. The molecule has 2 aromatic carbocycles. The molecule has 134 valence electrons. The van der Waals surface area contributed by atoms with Crippen LogP contribution in [0.5, 0.6) is 0 Å². The van der Waals surface area contributed by atoms with Gasteiger partial charge in [-0.25, -0.2) is 0 Å². The lowest BCUT2D eigenvalue weighted by atomic mass is 10.1. The fourth-order valence-electron chi connectivity index (χ4n) is 2.99. The Morgan fingerprint density at radius 3 is 2.52 bits per heavy atom. The van der Waals surface area contributed by atoms with E-state index >= 15 is 0 Å². The second kappa shape index (κ2) is 7.39. The Morgan fingerprint density at radius 2 is 1.78 bits per heavy atom. The third kappa shape index (κ3) is 3.65. The van der Waals surface area contributed by atoms with Gasteiger partial charge >= 0.3 is 0 Å². The second-order valence-electron chi connectivity index (χ2n) is 6.05. The van der Waals surface area contributed by atoms with Crippen LogP contribution in [0.25, 0.3) is 10.9 Å². The average Bonchev–Trinajstić information content (AvgIpc) is 3.32. The number of amides is 1. The van der Waals surface area contributed by atoms with Crippen molar-refractivity contribution >= 4 is 51.2 Å². The lowest BCUT2D eigenvalue weighted by molar-refractivity contribution is -0.116. The maximum atomic E-state index is 12.8. The van der Waals surface area contributed by atoms with Crippen LogP contribution in [0.15, 0.2) is 72.2 Å². The predicted octanol–water partition coefficient (Wildman–Crippen LogP) is 5.23. The molecule has 0 fully saturated rings. The number of thiophene rings is 1. The molecule has 2 aromatic heterocycles. The first-order valence-electron chi connectivity index (χ1n) is 8.33. The molecule has 4 nitrogen and oxygen atoms in total. The van der Waals surface area contributed by atoms with Crippen LogP contribution < -0.4 is 5.32 Å². The average molecular weight is 395 g/mol. The molecule has 0 saturated carbocycles. The molecule has 0 aliphatic rings. The van der Waals surface area contributed by atoms with Gasteiger partial charge in [-0.15, -0.1) is 11.3 Å². The third-order valence-electron chi connectivity index (χ3n) is 4.22. The molecular formula is C21H15ClN2O2S. The number of fused-ring (bicyclic) bond motifs is 1. The first-order chi connectivity index (χ1) is 13.1. The number of aromatic nitrogens is 1. The molecule has 2 heterocycles. The molecule has 1 N–H and O–H groups in total. The zero-order valence-electron chi connectivity index (χ0n) is 14.2. The first kappa shape index (κ1) is 17.5. The Hall–Kier alpha value is -2.89. The second-order valence-corrected chi connectivity index (χ2v) is 7.43. The van der Waals surface area contributed by atoms with E-state index in [9.17, 15) is 9.59 Å². The van der Waals surface area contributed by atoms with Gasteiger partial charge in [0.25, 0.3) is 0 Å². The van der Waals surface area contributed by atoms with Crippen LogP contribution in [-0.4, -0.2) is 16.3 Å². The van der Waals surface area contributed by atoms with E-state index in [1.807, 2.05) is 41.8 Å². The van der Waals surface area contributed by atoms with E-state index in [2.05, 4.69) is 5.32 Å². The van der Waals surface area contributed by atoms with E-state index in [1.54, 1.807) is 35.0 Å². The molecule has 27 heavy (non-hydrogen) atoms. The minimum absolute atomic E-state index is 0.0296. The number of ketones is 1. The van der Waals surface area contributed by atoms with Crippen molar-refractivity contribution in [1.82, 2.24) is 4.57 Å².